The molecule has 0 aromatic rings. The van der Waals surface area contributed by atoms with Crippen LogP contribution in [0.5, 0.6) is 0 Å². The highest BCUT2D eigenvalue weighted by Crippen LogP contribution is 2.19. The minimum absolute atomic E-state index is 0.0698. The van der Waals surface area contributed by atoms with Gasteiger partial charge >= 0.3 is 0 Å². The van der Waals surface area contributed by atoms with E-state index in [2.05, 4.69) is 0 Å². The van der Waals surface area contributed by atoms with E-state index in [-0.39, 0.29) is 6.61 Å². The molecule has 0 radical (unpaired) electrons. The Labute approximate surface area is 110 Å². The number of aliphatic hydroxyl groups is 1. The molecule has 0 amide bonds. The summed E-state index contributed by atoms with van der Waals surface area (Å²) in [5, 5.41) is 9.56. The van der Waals surface area contributed by atoms with Gasteiger partial charge in [-0.1, -0.05) is 18.2 Å². The van der Waals surface area contributed by atoms with Crippen LogP contribution in [-0.2, 0) is 14.2 Å². The lowest BCUT2D eigenvalue weighted by molar-refractivity contribution is -0.0443. The molecular weight excluding hydrogens is 232 g/mol. The molecule has 18 heavy (non-hydrogen) atoms. The van der Waals surface area contributed by atoms with Gasteiger partial charge in [0.25, 0.3) is 0 Å². The Morgan fingerprint density at radius 2 is 1.11 bits per heavy atom. The van der Waals surface area contributed by atoms with E-state index in [1.54, 1.807) is 37.0 Å². The third-order valence-corrected chi connectivity index (χ3v) is 2.20. The van der Waals surface area contributed by atoms with Gasteiger partial charge in [-0.25, -0.2) is 0 Å². The fourth-order valence-electron chi connectivity index (χ4n) is 1.23. The molecule has 0 bridgehead atoms. The fourth-order valence-corrected chi connectivity index (χ4v) is 1.23. The number of allylic oxidation sites excluding steroid dienone is 3. The smallest absolute Gasteiger partial charge is 0.102 e. The van der Waals surface area contributed by atoms with E-state index in [0.717, 1.165) is 0 Å². The zero-order valence-corrected chi connectivity index (χ0v) is 11.5. The number of aliphatic hydroxyl groups excluding tert-OH is 1. The molecule has 0 saturated heterocycles. The van der Waals surface area contributed by atoms with Crippen molar-refractivity contribution >= 4 is 0 Å². The van der Waals surface area contributed by atoms with Crippen LogP contribution in [0.3, 0.4) is 0 Å². The maximum atomic E-state index is 9.56. The largest absolute Gasteiger partial charge is 0.501 e. The third-order valence-electron chi connectivity index (χ3n) is 2.20. The summed E-state index contributed by atoms with van der Waals surface area (Å²) < 4.78 is 16.1. The number of rotatable bonds is 10. The quantitative estimate of drug-likeness (QED) is 0.610. The van der Waals surface area contributed by atoms with E-state index < -0.39 is 5.41 Å². The molecule has 0 unspecified atom stereocenters. The van der Waals surface area contributed by atoms with E-state index in [1.807, 2.05) is 20.8 Å². The monoisotopic (exact) mass is 256 g/mol. The zero-order valence-electron chi connectivity index (χ0n) is 11.5. The van der Waals surface area contributed by atoms with Gasteiger partial charge in [0, 0.05) is 0 Å². The lowest BCUT2D eigenvalue weighted by atomic mass is 9.92. The second-order valence-corrected chi connectivity index (χ2v) is 4.00. The summed E-state index contributed by atoms with van der Waals surface area (Å²) in [6.45, 7) is 6.54. The van der Waals surface area contributed by atoms with E-state index in [9.17, 15) is 5.11 Å². The summed E-state index contributed by atoms with van der Waals surface area (Å²) in [5.74, 6) is 0. The summed E-state index contributed by atoms with van der Waals surface area (Å²) in [7, 11) is 0. The van der Waals surface area contributed by atoms with Crippen LogP contribution in [0.1, 0.15) is 20.8 Å². The molecular formula is C14H24O4. The van der Waals surface area contributed by atoms with E-state index in [0.29, 0.717) is 19.8 Å². The molecule has 1 N–H and O–H groups in total. The van der Waals surface area contributed by atoms with Crippen molar-refractivity contribution in [1.29, 1.82) is 0 Å². The van der Waals surface area contributed by atoms with Crippen molar-refractivity contribution in [2.45, 2.75) is 20.8 Å². The first-order chi connectivity index (χ1) is 8.74. The minimum Gasteiger partial charge on any atom is -0.501 e. The second kappa shape index (κ2) is 10.7. The molecule has 0 spiro atoms. The van der Waals surface area contributed by atoms with Gasteiger partial charge in [0.15, 0.2) is 0 Å². The zero-order chi connectivity index (χ0) is 13.7. The Morgan fingerprint density at radius 3 is 1.33 bits per heavy atom. The highest BCUT2D eigenvalue weighted by molar-refractivity contribution is 4.83. The number of hydrogen-bond acceptors (Lipinski definition) is 4. The van der Waals surface area contributed by atoms with Gasteiger partial charge in [-0.05, 0) is 20.8 Å². The third kappa shape index (κ3) is 7.01. The van der Waals surface area contributed by atoms with Crippen LogP contribution in [0.15, 0.2) is 37.0 Å². The Hall–Kier alpha value is -1.42. The minimum atomic E-state index is -0.571. The van der Waals surface area contributed by atoms with Crippen molar-refractivity contribution in [2.75, 3.05) is 26.4 Å². The average molecular weight is 256 g/mol. The SMILES string of the molecule is CC=COCC(CO)(COC=CC)COC=CC. The van der Waals surface area contributed by atoms with Crippen LogP contribution in [0.2, 0.25) is 0 Å². The maximum Gasteiger partial charge on any atom is 0.102 e. The van der Waals surface area contributed by atoms with Gasteiger partial charge in [0.1, 0.15) is 19.8 Å². The molecule has 0 heterocycles. The van der Waals surface area contributed by atoms with Crippen molar-refractivity contribution in [3.8, 4) is 0 Å². The first-order valence-electron chi connectivity index (χ1n) is 6.04. The molecule has 0 aromatic carbocycles. The predicted molar refractivity (Wildman–Crippen MR) is 71.8 cm³/mol. The van der Waals surface area contributed by atoms with Gasteiger partial charge in [-0.15, -0.1) is 0 Å². The molecule has 4 heteroatoms. The summed E-state index contributed by atoms with van der Waals surface area (Å²) >= 11 is 0. The number of hydrogen-bond donors (Lipinski definition) is 1. The van der Waals surface area contributed by atoms with Crippen LogP contribution < -0.4 is 0 Å². The van der Waals surface area contributed by atoms with Crippen LogP contribution >= 0.6 is 0 Å². The average Bonchev–Trinajstić information content (AvgIpc) is 2.39. The fraction of sp³-hybridized carbons (Fsp3) is 0.571. The molecule has 0 aromatic heterocycles. The molecule has 0 rings (SSSR count). The topological polar surface area (TPSA) is 47.9 Å². The van der Waals surface area contributed by atoms with Crippen molar-refractivity contribution < 1.29 is 19.3 Å². The lowest BCUT2D eigenvalue weighted by Crippen LogP contribution is -2.39. The van der Waals surface area contributed by atoms with Crippen LogP contribution in [0.25, 0.3) is 0 Å². The van der Waals surface area contributed by atoms with Gasteiger partial charge in [-0.2, -0.15) is 0 Å². The van der Waals surface area contributed by atoms with Crippen molar-refractivity contribution in [3.63, 3.8) is 0 Å². The van der Waals surface area contributed by atoms with E-state index >= 15 is 0 Å². The molecule has 0 aliphatic rings. The summed E-state index contributed by atoms with van der Waals surface area (Å²) in [6.07, 6.45) is 10.2. The van der Waals surface area contributed by atoms with Crippen LogP contribution in [0.4, 0.5) is 0 Å². The van der Waals surface area contributed by atoms with E-state index in [4.69, 9.17) is 14.2 Å². The van der Waals surface area contributed by atoms with Crippen molar-refractivity contribution in [2.24, 2.45) is 5.41 Å². The van der Waals surface area contributed by atoms with Crippen LogP contribution in [-0.4, -0.2) is 31.5 Å². The normalized spacial score (nSPS) is 15.3. The second-order valence-electron chi connectivity index (χ2n) is 4.00. The highest BCUT2D eigenvalue weighted by Gasteiger charge is 2.32. The van der Waals surface area contributed by atoms with Gasteiger partial charge in [-0.3, -0.25) is 0 Å². The maximum absolute atomic E-state index is 9.56. The summed E-state index contributed by atoms with van der Waals surface area (Å²) in [6, 6.07) is 0. The van der Waals surface area contributed by atoms with Crippen molar-refractivity contribution in [3.05, 3.63) is 37.0 Å². The number of ether oxygens (including phenoxy) is 3. The molecule has 0 atom stereocenters. The molecule has 0 aliphatic carbocycles. The summed E-state index contributed by atoms with van der Waals surface area (Å²) in [4.78, 5) is 0. The lowest BCUT2D eigenvalue weighted by Gasteiger charge is -2.29. The highest BCUT2D eigenvalue weighted by atomic mass is 16.5. The summed E-state index contributed by atoms with van der Waals surface area (Å²) in [5.41, 5.74) is -0.571. The molecule has 0 saturated carbocycles. The Morgan fingerprint density at radius 1 is 0.778 bits per heavy atom. The molecule has 0 fully saturated rings. The Kier molecular flexibility index (Phi) is 9.87. The van der Waals surface area contributed by atoms with Gasteiger partial charge in [0.2, 0.25) is 0 Å². The van der Waals surface area contributed by atoms with Gasteiger partial charge in [0.05, 0.1) is 30.8 Å². The molecule has 4 nitrogen and oxygen atoms in total. The van der Waals surface area contributed by atoms with Crippen molar-refractivity contribution in [1.82, 2.24) is 0 Å². The molecule has 104 valence electrons. The first kappa shape index (κ1) is 16.6. The first-order valence-corrected chi connectivity index (χ1v) is 6.04. The van der Waals surface area contributed by atoms with Gasteiger partial charge < -0.3 is 19.3 Å². The predicted octanol–water partition coefficient (Wildman–Crippen LogP) is 2.62. The Balaban J connectivity index is 4.47. The van der Waals surface area contributed by atoms with E-state index in [1.165, 1.54) is 0 Å². The standard InChI is InChI=1S/C14H24O4/c1-4-7-16-11-14(10-15,12-17-8-5-2)13-18-9-6-3/h4-9,15H,10-13H2,1-3H3. The van der Waals surface area contributed by atoms with Crippen LogP contribution in [0, 0.1) is 5.41 Å². The molecule has 0 aliphatic heterocycles. The Bertz CT molecular complexity index is 228.